The molecule has 1 atom stereocenters. The second kappa shape index (κ2) is 7.20. The van der Waals surface area contributed by atoms with Crippen LogP contribution in [-0.2, 0) is 23.2 Å². The van der Waals surface area contributed by atoms with Crippen molar-refractivity contribution < 1.29 is 14.0 Å². The molecule has 1 aliphatic heterocycles. The summed E-state index contributed by atoms with van der Waals surface area (Å²) in [6.45, 7) is 1.68. The minimum Gasteiger partial charge on any atom is -0.292 e. The molecule has 2 aromatic rings. The standard InChI is InChI=1S/C19H17ClFN3O4/c1-10-4-5-12(21)6-11(10)9-24-14(8-16(26)23(3)19(24)28)17-13(20)7-15(25)22(2)18(17)27/h4-8,17H,9H2,1-3H3. The van der Waals surface area contributed by atoms with E-state index in [9.17, 15) is 23.6 Å². The van der Waals surface area contributed by atoms with Crippen molar-refractivity contribution in [3.05, 3.63) is 78.8 Å². The van der Waals surface area contributed by atoms with E-state index in [1.54, 1.807) is 13.0 Å². The Morgan fingerprint density at radius 1 is 1.11 bits per heavy atom. The van der Waals surface area contributed by atoms with E-state index < -0.39 is 34.8 Å². The molecule has 0 N–H and O–H groups in total. The Balaban J connectivity index is 2.25. The monoisotopic (exact) mass is 405 g/mol. The minimum absolute atomic E-state index is 0.0439. The predicted octanol–water partition coefficient (Wildman–Crippen LogP) is 1.25. The first-order chi connectivity index (χ1) is 13.1. The molecule has 28 heavy (non-hydrogen) atoms. The molecule has 0 bridgehead atoms. The highest BCUT2D eigenvalue weighted by atomic mass is 35.5. The lowest BCUT2D eigenvalue weighted by molar-refractivity contribution is -0.141. The summed E-state index contributed by atoms with van der Waals surface area (Å²) < 4.78 is 15.8. The van der Waals surface area contributed by atoms with Crippen molar-refractivity contribution in [2.75, 3.05) is 7.05 Å². The molecule has 2 heterocycles. The Bertz CT molecular complexity index is 1150. The van der Waals surface area contributed by atoms with Gasteiger partial charge in [0.1, 0.15) is 11.7 Å². The van der Waals surface area contributed by atoms with Gasteiger partial charge in [0.15, 0.2) is 0 Å². The SMILES string of the molecule is Cc1ccc(F)cc1Cn1c(C2C(=O)N(C)C(=O)C=C2Cl)cc(=O)n(C)c1=O. The number of rotatable bonds is 3. The Kier molecular flexibility index (Phi) is 5.08. The van der Waals surface area contributed by atoms with Crippen LogP contribution in [0.1, 0.15) is 22.7 Å². The summed E-state index contributed by atoms with van der Waals surface area (Å²) in [5.41, 5.74) is -0.0128. The van der Waals surface area contributed by atoms with Gasteiger partial charge >= 0.3 is 5.69 Å². The molecule has 3 rings (SSSR count). The van der Waals surface area contributed by atoms with Gasteiger partial charge < -0.3 is 0 Å². The normalized spacial score (nSPS) is 17.1. The fraction of sp³-hybridized carbons (Fsp3) is 0.263. The molecule has 0 spiro atoms. The second-order valence-electron chi connectivity index (χ2n) is 6.60. The quantitative estimate of drug-likeness (QED) is 0.720. The summed E-state index contributed by atoms with van der Waals surface area (Å²) >= 11 is 6.16. The van der Waals surface area contributed by atoms with Crippen LogP contribution in [-0.4, -0.2) is 32.9 Å². The van der Waals surface area contributed by atoms with Gasteiger partial charge in [-0.05, 0) is 30.2 Å². The zero-order valence-electron chi connectivity index (χ0n) is 15.4. The fourth-order valence-corrected chi connectivity index (χ4v) is 3.35. The zero-order chi connectivity index (χ0) is 20.7. The maximum atomic E-state index is 13.7. The third-order valence-electron chi connectivity index (χ3n) is 4.81. The number of halogens is 2. The first kappa shape index (κ1) is 19.8. The van der Waals surface area contributed by atoms with Gasteiger partial charge in [-0.25, -0.2) is 9.18 Å². The maximum Gasteiger partial charge on any atom is 0.331 e. The number of carbonyl (C=O) groups excluding carboxylic acids is 2. The van der Waals surface area contributed by atoms with Crippen LogP contribution in [0.15, 0.2) is 45.0 Å². The molecule has 0 fully saturated rings. The van der Waals surface area contributed by atoms with Gasteiger partial charge in [-0.1, -0.05) is 17.7 Å². The summed E-state index contributed by atoms with van der Waals surface area (Å²) in [7, 11) is 2.59. The zero-order valence-corrected chi connectivity index (χ0v) is 16.2. The van der Waals surface area contributed by atoms with E-state index in [4.69, 9.17) is 11.6 Å². The minimum atomic E-state index is -1.18. The van der Waals surface area contributed by atoms with Crippen molar-refractivity contribution in [1.29, 1.82) is 0 Å². The van der Waals surface area contributed by atoms with Crippen LogP contribution >= 0.6 is 11.6 Å². The van der Waals surface area contributed by atoms with Crippen molar-refractivity contribution in [2.24, 2.45) is 7.05 Å². The molecule has 0 saturated carbocycles. The molecule has 146 valence electrons. The van der Waals surface area contributed by atoms with E-state index in [1.807, 2.05) is 0 Å². The van der Waals surface area contributed by atoms with Gasteiger partial charge in [0.05, 0.1) is 6.54 Å². The largest absolute Gasteiger partial charge is 0.331 e. The molecule has 0 radical (unpaired) electrons. The molecule has 0 aliphatic carbocycles. The van der Waals surface area contributed by atoms with E-state index >= 15 is 0 Å². The molecule has 1 aromatic heterocycles. The molecule has 0 saturated heterocycles. The van der Waals surface area contributed by atoms with Gasteiger partial charge in [0.2, 0.25) is 5.91 Å². The lowest BCUT2D eigenvalue weighted by Crippen LogP contribution is -2.45. The molecule has 7 nitrogen and oxygen atoms in total. The lowest BCUT2D eigenvalue weighted by Gasteiger charge is -2.28. The number of carbonyl (C=O) groups is 2. The molecule has 1 aromatic carbocycles. The number of benzene rings is 1. The molecule has 2 amide bonds. The molecular weight excluding hydrogens is 389 g/mol. The highest BCUT2D eigenvalue weighted by Crippen LogP contribution is 2.31. The van der Waals surface area contributed by atoms with Crippen LogP contribution in [0.2, 0.25) is 0 Å². The third kappa shape index (κ3) is 3.31. The number of hydrogen-bond acceptors (Lipinski definition) is 4. The number of aromatic nitrogens is 2. The lowest BCUT2D eigenvalue weighted by atomic mass is 9.98. The van der Waals surface area contributed by atoms with Crippen LogP contribution in [0, 0.1) is 12.7 Å². The number of likely N-dealkylation sites (N-methyl/N-ethyl adjacent to an activating group) is 1. The van der Waals surface area contributed by atoms with E-state index in [1.165, 1.54) is 30.8 Å². The summed E-state index contributed by atoms with van der Waals surface area (Å²) in [5.74, 6) is -2.91. The number of imide groups is 1. The molecule has 9 heteroatoms. The van der Waals surface area contributed by atoms with Crippen molar-refractivity contribution in [1.82, 2.24) is 14.0 Å². The van der Waals surface area contributed by atoms with Crippen LogP contribution in [0.25, 0.3) is 0 Å². The first-order valence-corrected chi connectivity index (χ1v) is 8.74. The number of aryl methyl sites for hydroxylation is 1. The smallest absolute Gasteiger partial charge is 0.292 e. The van der Waals surface area contributed by atoms with E-state index in [0.29, 0.717) is 5.56 Å². The summed E-state index contributed by atoms with van der Waals surface area (Å²) in [4.78, 5) is 50.4. The van der Waals surface area contributed by atoms with E-state index in [2.05, 4.69) is 0 Å². The number of hydrogen-bond donors (Lipinski definition) is 0. The van der Waals surface area contributed by atoms with Gasteiger partial charge in [-0.2, -0.15) is 0 Å². The van der Waals surface area contributed by atoms with Crippen LogP contribution in [0.4, 0.5) is 4.39 Å². The number of nitrogens with zero attached hydrogens (tertiary/aromatic N) is 3. The first-order valence-electron chi connectivity index (χ1n) is 8.36. The van der Waals surface area contributed by atoms with Crippen molar-refractivity contribution in [3.63, 3.8) is 0 Å². The van der Waals surface area contributed by atoms with Crippen LogP contribution in [0.3, 0.4) is 0 Å². The van der Waals surface area contributed by atoms with Gasteiger partial charge in [0, 0.05) is 37.0 Å². The molecular formula is C19H17ClFN3O4. The Morgan fingerprint density at radius 3 is 2.46 bits per heavy atom. The van der Waals surface area contributed by atoms with Crippen LogP contribution < -0.4 is 11.2 Å². The topological polar surface area (TPSA) is 81.4 Å². The van der Waals surface area contributed by atoms with Gasteiger partial charge in [0.25, 0.3) is 11.5 Å². The van der Waals surface area contributed by atoms with E-state index in [-0.39, 0.29) is 17.3 Å². The third-order valence-corrected chi connectivity index (χ3v) is 5.14. The second-order valence-corrected chi connectivity index (χ2v) is 7.04. The van der Waals surface area contributed by atoms with Crippen molar-refractivity contribution in [3.8, 4) is 0 Å². The highest BCUT2D eigenvalue weighted by molar-refractivity contribution is 6.35. The number of amides is 2. The van der Waals surface area contributed by atoms with Crippen LogP contribution in [0.5, 0.6) is 0 Å². The van der Waals surface area contributed by atoms with Crippen molar-refractivity contribution >= 4 is 23.4 Å². The maximum absolute atomic E-state index is 13.7. The predicted molar refractivity (Wildman–Crippen MR) is 101 cm³/mol. The van der Waals surface area contributed by atoms with Gasteiger partial charge in [-0.3, -0.25) is 28.4 Å². The fourth-order valence-electron chi connectivity index (χ4n) is 3.05. The highest BCUT2D eigenvalue weighted by Gasteiger charge is 2.36. The summed E-state index contributed by atoms with van der Waals surface area (Å²) in [6.07, 6.45) is 1.08. The molecule has 1 aliphatic rings. The van der Waals surface area contributed by atoms with Gasteiger partial charge in [-0.15, -0.1) is 0 Å². The average molecular weight is 406 g/mol. The van der Waals surface area contributed by atoms with Crippen molar-refractivity contribution in [2.45, 2.75) is 19.4 Å². The average Bonchev–Trinajstić information content (AvgIpc) is 2.63. The molecule has 1 unspecified atom stereocenters. The Hall–Kier alpha value is -3.00. The Labute approximate surface area is 164 Å². The summed E-state index contributed by atoms with van der Waals surface area (Å²) in [5, 5.41) is -0.0922. The Morgan fingerprint density at radius 2 is 1.79 bits per heavy atom. The van der Waals surface area contributed by atoms with E-state index in [0.717, 1.165) is 27.2 Å². The summed E-state index contributed by atoms with van der Waals surface area (Å²) in [6, 6.07) is 5.29.